The van der Waals surface area contributed by atoms with Crippen LogP contribution in [0.5, 0.6) is 0 Å². The van der Waals surface area contributed by atoms with Gasteiger partial charge < -0.3 is 0 Å². The third-order valence-electron chi connectivity index (χ3n) is 1.98. The molecule has 78 valence electrons. The Kier molecular flexibility index (Phi) is 2.31. The van der Waals surface area contributed by atoms with Crippen molar-refractivity contribution in [2.45, 2.75) is 0 Å². The first-order chi connectivity index (χ1) is 7.72. The maximum absolute atomic E-state index is 10.6. The molecule has 0 atom stereocenters. The van der Waals surface area contributed by atoms with E-state index in [-0.39, 0.29) is 5.69 Å². The third kappa shape index (κ3) is 1.59. The lowest BCUT2D eigenvalue weighted by molar-refractivity contribution is -0.384. The second kappa shape index (κ2) is 3.78. The predicted molar refractivity (Wildman–Crippen MR) is 52.7 cm³/mol. The molecule has 0 aliphatic carbocycles. The molecule has 0 radical (unpaired) electrons. The van der Waals surface area contributed by atoms with Crippen LogP contribution in [-0.2, 0) is 0 Å². The highest BCUT2D eigenvalue weighted by atomic mass is 16.6. The summed E-state index contributed by atoms with van der Waals surface area (Å²) in [6.45, 7) is 0. The number of aromatic nitrogens is 3. The van der Waals surface area contributed by atoms with E-state index in [2.05, 4.69) is 10.3 Å². The van der Waals surface area contributed by atoms with Gasteiger partial charge in [0.2, 0.25) is 0 Å². The van der Waals surface area contributed by atoms with E-state index in [1.807, 2.05) is 6.07 Å². The summed E-state index contributed by atoms with van der Waals surface area (Å²) in [5, 5.41) is 26.7. The molecule has 0 saturated heterocycles. The molecule has 0 saturated carbocycles. The molecular formula is C9H5N5O2. The number of hydrogen-bond acceptors (Lipinski definition) is 5. The monoisotopic (exact) mass is 215 g/mol. The van der Waals surface area contributed by atoms with E-state index >= 15 is 0 Å². The van der Waals surface area contributed by atoms with Crippen LogP contribution in [0.25, 0.3) is 5.69 Å². The van der Waals surface area contributed by atoms with Crippen LogP contribution >= 0.6 is 0 Å². The Morgan fingerprint density at radius 1 is 1.50 bits per heavy atom. The normalized spacial score (nSPS) is 9.69. The lowest BCUT2D eigenvalue weighted by Crippen LogP contribution is -2.00. The van der Waals surface area contributed by atoms with Crippen LogP contribution in [-0.4, -0.2) is 19.9 Å². The Balaban J connectivity index is 2.62. The molecule has 0 N–H and O–H groups in total. The lowest BCUT2D eigenvalue weighted by Gasteiger charge is -2.02. The van der Waals surface area contributed by atoms with Gasteiger partial charge in [-0.15, -0.1) is 5.10 Å². The van der Waals surface area contributed by atoms with E-state index in [4.69, 9.17) is 5.26 Å². The second-order valence-corrected chi connectivity index (χ2v) is 2.92. The van der Waals surface area contributed by atoms with Crippen LogP contribution in [0.1, 0.15) is 5.56 Å². The highest BCUT2D eigenvalue weighted by Gasteiger charge is 2.12. The summed E-state index contributed by atoms with van der Waals surface area (Å²) >= 11 is 0. The molecule has 2 rings (SSSR count). The van der Waals surface area contributed by atoms with E-state index in [1.165, 1.54) is 35.3 Å². The van der Waals surface area contributed by atoms with Crippen LogP contribution in [0.3, 0.4) is 0 Å². The molecule has 16 heavy (non-hydrogen) atoms. The Morgan fingerprint density at radius 3 is 2.88 bits per heavy atom. The summed E-state index contributed by atoms with van der Waals surface area (Å²) in [6, 6.07) is 5.88. The Morgan fingerprint density at radius 2 is 2.31 bits per heavy atom. The Labute approximate surface area is 89.7 Å². The van der Waals surface area contributed by atoms with Crippen molar-refractivity contribution in [3.8, 4) is 11.8 Å². The Hall–Kier alpha value is -2.75. The number of benzene rings is 1. The molecule has 0 unspecified atom stereocenters. The molecule has 0 fully saturated rings. The van der Waals surface area contributed by atoms with Crippen LogP contribution in [0.4, 0.5) is 5.69 Å². The smallest absolute Gasteiger partial charge is 0.258 e. The van der Waals surface area contributed by atoms with Crippen molar-refractivity contribution < 1.29 is 4.92 Å². The fourth-order valence-corrected chi connectivity index (χ4v) is 1.25. The summed E-state index contributed by atoms with van der Waals surface area (Å²) in [5.41, 5.74) is 0.551. The summed E-state index contributed by atoms with van der Waals surface area (Å²) in [5.74, 6) is 0. The fraction of sp³-hybridized carbons (Fsp3) is 0. The van der Waals surface area contributed by atoms with Gasteiger partial charge in [-0.1, -0.05) is 5.21 Å². The van der Waals surface area contributed by atoms with E-state index in [0.717, 1.165) is 0 Å². The largest absolute Gasteiger partial charge is 0.271 e. The molecule has 0 spiro atoms. The number of hydrogen-bond donors (Lipinski definition) is 0. The highest BCUT2D eigenvalue weighted by molar-refractivity contribution is 5.54. The minimum absolute atomic E-state index is 0.0931. The van der Waals surface area contributed by atoms with Crippen molar-refractivity contribution in [3.63, 3.8) is 0 Å². The molecule has 7 nitrogen and oxygen atoms in total. The minimum atomic E-state index is -0.526. The van der Waals surface area contributed by atoms with Crippen molar-refractivity contribution in [1.29, 1.82) is 5.26 Å². The summed E-state index contributed by atoms with van der Waals surface area (Å²) in [6.07, 6.45) is 2.94. The average molecular weight is 215 g/mol. The van der Waals surface area contributed by atoms with Gasteiger partial charge >= 0.3 is 0 Å². The molecule has 2 aromatic rings. The van der Waals surface area contributed by atoms with Crippen LogP contribution in [0, 0.1) is 21.4 Å². The standard InChI is InChI=1S/C9H5N5O2/c10-6-7-1-2-8(14(15)16)5-9(7)13-4-3-11-12-13/h1-5H. The number of nitro benzene ring substituents is 1. The minimum Gasteiger partial charge on any atom is -0.258 e. The van der Waals surface area contributed by atoms with E-state index in [1.54, 1.807) is 0 Å². The molecule has 0 amide bonds. The first-order valence-corrected chi connectivity index (χ1v) is 4.27. The van der Waals surface area contributed by atoms with Gasteiger partial charge in [-0.2, -0.15) is 5.26 Å². The van der Waals surface area contributed by atoms with Gasteiger partial charge in [0.15, 0.2) is 0 Å². The van der Waals surface area contributed by atoms with Gasteiger partial charge in [0, 0.05) is 12.1 Å². The van der Waals surface area contributed by atoms with Crippen molar-refractivity contribution in [2.24, 2.45) is 0 Å². The zero-order chi connectivity index (χ0) is 11.5. The average Bonchev–Trinajstić information content (AvgIpc) is 2.81. The molecule has 1 heterocycles. The zero-order valence-electron chi connectivity index (χ0n) is 7.94. The Bertz CT molecular complexity index is 570. The molecule has 0 aliphatic rings. The lowest BCUT2D eigenvalue weighted by atomic mass is 10.2. The first kappa shape index (κ1) is 9.79. The van der Waals surface area contributed by atoms with Gasteiger partial charge in [-0.3, -0.25) is 10.1 Å². The number of nitriles is 1. The van der Waals surface area contributed by atoms with Crippen molar-refractivity contribution >= 4 is 5.69 Å². The zero-order valence-corrected chi connectivity index (χ0v) is 7.94. The van der Waals surface area contributed by atoms with Gasteiger partial charge in [-0.25, -0.2) is 4.68 Å². The van der Waals surface area contributed by atoms with Crippen LogP contribution < -0.4 is 0 Å². The molecule has 0 aliphatic heterocycles. The van der Waals surface area contributed by atoms with Gasteiger partial charge in [-0.05, 0) is 6.07 Å². The predicted octanol–water partition coefficient (Wildman–Crippen LogP) is 1.05. The molecule has 1 aromatic carbocycles. The van der Waals surface area contributed by atoms with Crippen molar-refractivity contribution in [2.75, 3.05) is 0 Å². The van der Waals surface area contributed by atoms with Gasteiger partial charge in [0.1, 0.15) is 6.07 Å². The maximum Gasteiger partial charge on any atom is 0.271 e. The molecular weight excluding hydrogens is 210 g/mol. The van der Waals surface area contributed by atoms with Gasteiger partial charge in [0.05, 0.1) is 28.6 Å². The van der Waals surface area contributed by atoms with E-state index < -0.39 is 4.92 Å². The topological polar surface area (TPSA) is 97.6 Å². The molecule has 7 heteroatoms. The summed E-state index contributed by atoms with van der Waals surface area (Å²) < 4.78 is 1.31. The first-order valence-electron chi connectivity index (χ1n) is 4.27. The van der Waals surface area contributed by atoms with Crippen LogP contribution in [0.15, 0.2) is 30.6 Å². The quantitative estimate of drug-likeness (QED) is 0.550. The van der Waals surface area contributed by atoms with Gasteiger partial charge in [0.25, 0.3) is 5.69 Å². The van der Waals surface area contributed by atoms with Crippen molar-refractivity contribution in [1.82, 2.24) is 15.0 Å². The molecule has 0 bridgehead atoms. The van der Waals surface area contributed by atoms with Crippen LogP contribution in [0.2, 0.25) is 0 Å². The second-order valence-electron chi connectivity index (χ2n) is 2.92. The fourth-order valence-electron chi connectivity index (χ4n) is 1.25. The number of nitrogens with zero attached hydrogens (tertiary/aromatic N) is 5. The number of rotatable bonds is 2. The summed E-state index contributed by atoms with van der Waals surface area (Å²) in [4.78, 5) is 10.1. The maximum atomic E-state index is 10.6. The number of nitro groups is 1. The third-order valence-corrected chi connectivity index (χ3v) is 1.98. The summed E-state index contributed by atoms with van der Waals surface area (Å²) in [7, 11) is 0. The van der Waals surface area contributed by atoms with E-state index in [9.17, 15) is 10.1 Å². The highest BCUT2D eigenvalue weighted by Crippen LogP contribution is 2.19. The molecule has 1 aromatic heterocycles. The number of non-ortho nitro benzene ring substituents is 1. The van der Waals surface area contributed by atoms with Crippen molar-refractivity contribution in [3.05, 3.63) is 46.3 Å². The SMILES string of the molecule is N#Cc1ccc([N+](=O)[O-])cc1-n1ccnn1. The van der Waals surface area contributed by atoms with E-state index in [0.29, 0.717) is 11.3 Å².